The fraction of sp³-hybridized carbons (Fsp3) is 0.533. The van der Waals surface area contributed by atoms with E-state index in [1.165, 1.54) is 0 Å². The van der Waals surface area contributed by atoms with Crippen molar-refractivity contribution in [2.45, 2.75) is 52.4 Å². The third-order valence-corrected chi connectivity index (χ3v) is 14.5. The normalized spacial score (nSPS) is 8.33. The van der Waals surface area contributed by atoms with Crippen molar-refractivity contribution in [1.29, 1.82) is 0 Å². The summed E-state index contributed by atoms with van der Waals surface area (Å²) in [5.41, 5.74) is 0.894. The van der Waals surface area contributed by atoms with Crippen molar-refractivity contribution in [3.8, 4) is 0 Å². The summed E-state index contributed by atoms with van der Waals surface area (Å²) in [5.74, 6) is 1.69. The number of hydrogen-bond donors (Lipinski definition) is 0. The Balaban J connectivity index is -0.0000000634. The van der Waals surface area contributed by atoms with Crippen LogP contribution in [0.4, 0.5) is 0 Å². The quantitative estimate of drug-likeness (QED) is 0.227. The summed E-state index contributed by atoms with van der Waals surface area (Å²) in [6, 6.07) is 0. The molecule has 0 aliphatic carbocycles. The summed E-state index contributed by atoms with van der Waals surface area (Å²) < 4.78 is 39.3. The van der Waals surface area contributed by atoms with Crippen LogP contribution in [0.2, 0.25) is 0 Å². The Morgan fingerprint density at radius 3 is 1.08 bits per heavy atom. The first-order chi connectivity index (χ1) is 10.7. The maximum Gasteiger partial charge on any atom is 0 e. The molecular weight excluding hydrogens is 634 g/mol. The Kier molecular flexibility index (Phi) is 42.4. The van der Waals surface area contributed by atoms with E-state index in [1.54, 1.807) is 19.1 Å². The Morgan fingerprint density at radius 2 is 0.958 bits per heavy atom. The molecule has 24 heavy (non-hydrogen) atoms. The van der Waals surface area contributed by atoms with E-state index in [-0.39, 0.29) is 40.9 Å². The van der Waals surface area contributed by atoms with Crippen molar-refractivity contribution in [2.24, 2.45) is 0 Å². The van der Waals surface area contributed by atoms with E-state index in [0.717, 1.165) is 0 Å². The van der Waals surface area contributed by atoms with Crippen LogP contribution in [0, 0.1) is 33.3 Å². The summed E-state index contributed by atoms with van der Waals surface area (Å²) in [6.07, 6.45) is 0. The molecule has 0 amide bonds. The van der Waals surface area contributed by atoms with Gasteiger partial charge in [-0.3, -0.25) is 0 Å². The fourth-order valence-electron chi connectivity index (χ4n) is 0.833. The molecule has 5 nitrogen and oxygen atoms in total. The van der Waals surface area contributed by atoms with Gasteiger partial charge < -0.3 is 0 Å². The van der Waals surface area contributed by atoms with Crippen molar-refractivity contribution in [3.05, 3.63) is 41.6 Å². The predicted molar refractivity (Wildman–Crippen MR) is 85.5 cm³/mol. The number of rotatable bonds is 0. The summed E-state index contributed by atoms with van der Waals surface area (Å²) in [5, 5.41) is 1.75. The van der Waals surface area contributed by atoms with Crippen molar-refractivity contribution in [2.75, 3.05) is 0 Å². The number of hydrogen-bond acceptors (Lipinski definition) is 0. The molecule has 0 saturated carbocycles. The first-order valence-electron chi connectivity index (χ1n) is 5.58. The average Bonchev–Trinajstić information content (AvgIpc) is 3.08. The molecule has 130 valence electrons. The second-order valence-corrected chi connectivity index (χ2v) is 12.9. The standard InChI is InChI=1S/C10H18P2Te.5CO.W/c1-9(2,3)7-11-8(13-12-7)10(4,5)6;5*1-2;/h1-6H3;;;;;;. The molecule has 1 heterocycles. The molecule has 0 N–H and O–H groups in total. The van der Waals surface area contributed by atoms with E-state index >= 15 is 0 Å². The summed E-state index contributed by atoms with van der Waals surface area (Å²) in [7, 11) is 1.59. The SMILES string of the molecule is CC(C)(C)c1p[te]c(C(C)(C)C)p1.[C-]#[O+].[C-]#[O+].[C-]#[O+].[C-]#[O+].[C-]#[O+].[W]. The second-order valence-electron chi connectivity index (χ2n) is 5.42. The van der Waals surface area contributed by atoms with Gasteiger partial charge in [-0.25, -0.2) is 0 Å². The van der Waals surface area contributed by atoms with Gasteiger partial charge in [0.1, 0.15) is 0 Å². The predicted octanol–water partition coefficient (Wildman–Crippen LogP) is 4.31. The van der Waals surface area contributed by atoms with Gasteiger partial charge in [0.05, 0.1) is 0 Å². The van der Waals surface area contributed by atoms with Gasteiger partial charge in [0, 0.05) is 21.1 Å². The Labute approximate surface area is 171 Å². The molecule has 0 aliphatic rings. The largest absolute Gasteiger partial charge is 0 e. The van der Waals surface area contributed by atoms with Gasteiger partial charge in [0.2, 0.25) is 0 Å². The second kappa shape index (κ2) is 25.8. The van der Waals surface area contributed by atoms with Gasteiger partial charge in [-0.1, -0.05) is 0 Å². The zero-order valence-corrected chi connectivity index (χ0v) is 21.3. The minimum atomic E-state index is 0. The minimum absolute atomic E-state index is 0. The molecule has 0 bridgehead atoms. The summed E-state index contributed by atoms with van der Waals surface area (Å²) >= 11 is 0.144. The Bertz CT molecular complexity index is 428. The molecule has 0 atom stereocenters. The van der Waals surface area contributed by atoms with Gasteiger partial charge in [0.25, 0.3) is 0 Å². The molecule has 0 spiro atoms. The molecule has 1 aromatic rings. The molecule has 9 heteroatoms. The van der Waals surface area contributed by atoms with Crippen molar-refractivity contribution >= 4 is 33.9 Å². The maximum absolute atomic E-state index is 7.50. The molecule has 0 radical (unpaired) electrons. The first kappa shape index (κ1) is 39.5. The van der Waals surface area contributed by atoms with Crippen LogP contribution < -0.4 is 0 Å². The molecule has 0 unspecified atom stereocenters. The maximum atomic E-state index is 7.50. The molecule has 0 aromatic carbocycles. The van der Waals surface area contributed by atoms with Crippen LogP contribution >= 0.6 is 14.0 Å². The van der Waals surface area contributed by atoms with Crippen LogP contribution in [0.25, 0.3) is 0 Å². The topological polar surface area (TPSA) is 99.5 Å². The smallest absolute Gasteiger partial charge is 0 e. The van der Waals surface area contributed by atoms with Crippen LogP contribution in [-0.2, 0) is 55.2 Å². The van der Waals surface area contributed by atoms with Crippen LogP contribution in [0.15, 0.2) is 0 Å². The average molecular weight is 652 g/mol. The Hall–Kier alpha value is 0.518. The van der Waals surface area contributed by atoms with Gasteiger partial charge in [-0.05, 0) is 0 Å². The zero-order chi connectivity index (χ0) is 20.3. The van der Waals surface area contributed by atoms with Crippen molar-refractivity contribution < 1.29 is 44.3 Å². The molecule has 0 saturated heterocycles. The first-order valence-corrected chi connectivity index (χ1v) is 11.6. The van der Waals surface area contributed by atoms with E-state index in [4.69, 9.17) is 23.3 Å². The van der Waals surface area contributed by atoms with Crippen LogP contribution in [0.5, 0.6) is 0 Å². The van der Waals surface area contributed by atoms with E-state index in [1.807, 2.05) is 3.31 Å². The van der Waals surface area contributed by atoms with Gasteiger partial charge in [0.15, 0.2) is 0 Å². The van der Waals surface area contributed by atoms with Gasteiger partial charge >= 0.3 is 151 Å². The third kappa shape index (κ3) is 22.5. The Morgan fingerprint density at radius 1 is 0.667 bits per heavy atom. The van der Waals surface area contributed by atoms with Crippen LogP contribution in [0.3, 0.4) is 0 Å². The van der Waals surface area contributed by atoms with Gasteiger partial charge in [-0.15, -0.1) is 0 Å². The molecule has 0 fully saturated rings. The summed E-state index contributed by atoms with van der Waals surface area (Å²) in [6.45, 7) is 36.6. The van der Waals surface area contributed by atoms with Crippen LogP contribution in [-0.4, -0.2) is 19.9 Å². The van der Waals surface area contributed by atoms with E-state index < -0.39 is 0 Å². The molecule has 0 aliphatic heterocycles. The third-order valence-electron chi connectivity index (χ3n) is 1.74. The molecular formula is C15H18O5P2TeW. The van der Waals surface area contributed by atoms with Crippen molar-refractivity contribution in [1.82, 2.24) is 0 Å². The zero-order valence-electron chi connectivity index (χ0n) is 14.3. The van der Waals surface area contributed by atoms with E-state index in [9.17, 15) is 0 Å². The van der Waals surface area contributed by atoms with E-state index in [2.05, 4.69) is 74.8 Å². The molecule has 1 rings (SSSR count). The van der Waals surface area contributed by atoms with Crippen molar-refractivity contribution in [3.63, 3.8) is 0 Å². The van der Waals surface area contributed by atoms with Gasteiger partial charge in [-0.2, -0.15) is 0 Å². The summed E-state index contributed by atoms with van der Waals surface area (Å²) in [4.78, 5) is 0. The van der Waals surface area contributed by atoms with Crippen LogP contribution in [0.1, 0.15) is 49.9 Å². The monoisotopic (exact) mass is 654 g/mol. The molecule has 1 aromatic heterocycles. The minimum Gasteiger partial charge on any atom is 0 e. The van der Waals surface area contributed by atoms with E-state index in [0.29, 0.717) is 10.8 Å². The fourth-order valence-corrected chi connectivity index (χ4v) is 14.4.